The van der Waals surface area contributed by atoms with Gasteiger partial charge in [-0.2, -0.15) is 4.31 Å². The van der Waals surface area contributed by atoms with Crippen molar-refractivity contribution in [2.24, 2.45) is 5.73 Å². The number of primary amides is 1. The van der Waals surface area contributed by atoms with Crippen LogP contribution in [0.1, 0.15) is 24.0 Å². The van der Waals surface area contributed by atoms with Gasteiger partial charge in [0.15, 0.2) is 0 Å². The van der Waals surface area contributed by atoms with Gasteiger partial charge in [-0.3, -0.25) is 4.79 Å². The van der Waals surface area contributed by atoms with E-state index in [2.05, 4.69) is 0 Å². The summed E-state index contributed by atoms with van der Waals surface area (Å²) in [5, 5.41) is 0. The fourth-order valence-electron chi connectivity index (χ4n) is 3.41. The summed E-state index contributed by atoms with van der Waals surface area (Å²) in [6.07, 6.45) is 0.876. The molecule has 0 aromatic heterocycles. The molecule has 7 nitrogen and oxygen atoms in total. The van der Waals surface area contributed by atoms with E-state index < -0.39 is 21.5 Å². The fraction of sp³-hybridized carbons (Fsp3) is 0.562. The molecule has 0 aliphatic carbocycles. The molecule has 1 saturated heterocycles. The van der Waals surface area contributed by atoms with Crippen LogP contribution in [0.15, 0.2) is 17.0 Å². The van der Waals surface area contributed by atoms with Crippen molar-refractivity contribution >= 4 is 15.9 Å². The molecular formula is C16H24N2O5S. The molecule has 1 fully saturated rings. The highest BCUT2D eigenvalue weighted by Crippen LogP contribution is 2.39. The maximum atomic E-state index is 13.3. The molecule has 1 atom stereocenters. The smallest absolute Gasteiger partial charge is 0.248 e. The summed E-state index contributed by atoms with van der Waals surface area (Å²) in [4.78, 5) is 12.2. The molecule has 0 radical (unpaired) electrons. The number of aryl methyl sites for hydroxylation is 2. The van der Waals surface area contributed by atoms with Gasteiger partial charge in [0.25, 0.3) is 0 Å². The molecular weight excluding hydrogens is 332 g/mol. The molecule has 2 rings (SSSR count). The minimum Gasteiger partial charge on any atom is -0.495 e. The van der Waals surface area contributed by atoms with Crippen molar-refractivity contribution in [3.05, 3.63) is 23.3 Å². The summed E-state index contributed by atoms with van der Waals surface area (Å²) in [6.45, 7) is 3.71. The van der Waals surface area contributed by atoms with Gasteiger partial charge in [0.2, 0.25) is 15.9 Å². The Hall–Kier alpha value is -1.64. The van der Waals surface area contributed by atoms with E-state index in [1.165, 1.54) is 18.5 Å². The van der Waals surface area contributed by atoms with E-state index in [1.807, 2.05) is 6.92 Å². The number of carbonyl (C=O) groups excluding carboxylic acids is 1. The second-order valence-corrected chi connectivity index (χ2v) is 7.92. The molecule has 134 valence electrons. The highest BCUT2D eigenvalue weighted by molar-refractivity contribution is 7.89. The second-order valence-electron chi connectivity index (χ2n) is 6.12. The molecule has 0 saturated carbocycles. The Labute approximate surface area is 142 Å². The largest absolute Gasteiger partial charge is 0.495 e. The lowest BCUT2D eigenvalue weighted by molar-refractivity contribution is -0.128. The van der Waals surface area contributed by atoms with Crippen LogP contribution in [-0.4, -0.2) is 51.5 Å². The summed E-state index contributed by atoms with van der Waals surface area (Å²) < 4.78 is 38.2. The van der Waals surface area contributed by atoms with Gasteiger partial charge in [0, 0.05) is 13.7 Å². The van der Waals surface area contributed by atoms with Crippen LogP contribution in [0.25, 0.3) is 0 Å². The average molecular weight is 356 g/mol. The molecule has 1 aliphatic rings. The topological polar surface area (TPSA) is 98.9 Å². The van der Waals surface area contributed by atoms with Crippen LogP contribution in [0, 0.1) is 13.8 Å². The number of nitrogens with two attached hydrogens (primary N) is 1. The zero-order valence-electron chi connectivity index (χ0n) is 14.5. The van der Waals surface area contributed by atoms with Crippen molar-refractivity contribution in [2.45, 2.75) is 37.1 Å². The van der Waals surface area contributed by atoms with Crippen molar-refractivity contribution in [3.8, 4) is 5.75 Å². The molecule has 24 heavy (non-hydrogen) atoms. The predicted octanol–water partition coefficient (Wildman–Crippen LogP) is 0.967. The van der Waals surface area contributed by atoms with E-state index in [1.54, 1.807) is 19.1 Å². The lowest BCUT2D eigenvalue weighted by Crippen LogP contribution is -2.58. The summed E-state index contributed by atoms with van der Waals surface area (Å²) in [5.41, 5.74) is 5.65. The van der Waals surface area contributed by atoms with Gasteiger partial charge in [0.05, 0.1) is 13.7 Å². The van der Waals surface area contributed by atoms with Crippen molar-refractivity contribution in [1.29, 1.82) is 0 Å². The Bertz CT molecular complexity index is 747. The minimum atomic E-state index is -3.98. The second kappa shape index (κ2) is 6.70. The summed E-state index contributed by atoms with van der Waals surface area (Å²) in [7, 11) is -1.13. The first-order valence-electron chi connectivity index (χ1n) is 7.67. The van der Waals surface area contributed by atoms with Gasteiger partial charge in [-0.05, 0) is 43.9 Å². The molecule has 1 aromatic rings. The number of carbonyl (C=O) groups is 1. The van der Waals surface area contributed by atoms with E-state index in [0.29, 0.717) is 18.4 Å². The van der Waals surface area contributed by atoms with Gasteiger partial charge in [-0.25, -0.2) is 8.42 Å². The van der Waals surface area contributed by atoms with Gasteiger partial charge in [-0.1, -0.05) is 6.07 Å². The number of ether oxygens (including phenoxy) is 2. The molecule has 1 heterocycles. The van der Waals surface area contributed by atoms with Crippen LogP contribution in [0.2, 0.25) is 0 Å². The molecule has 1 amide bonds. The minimum absolute atomic E-state index is 0.0687. The normalized spacial score (nSPS) is 21.8. The summed E-state index contributed by atoms with van der Waals surface area (Å²) in [5.74, 6) is -0.440. The highest BCUT2D eigenvalue weighted by atomic mass is 32.2. The average Bonchev–Trinajstić information content (AvgIpc) is 2.92. The van der Waals surface area contributed by atoms with Crippen LogP contribution >= 0.6 is 0 Å². The van der Waals surface area contributed by atoms with E-state index in [9.17, 15) is 13.2 Å². The highest BCUT2D eigenvalue weighted by Gasteiger charge is 2.53. The molecule has 0 spiro atoms. The van der Waals surface area contributed by atoms with Crippen LogP contribution in [0.5, 0.6) is 5.75 Å². The standard InChI is InChI=1S/C16H24N2O5S/c1-11-8-12(2)14(13(9-11)23-4)24(20,21)18-7-5-6-16(18,10-22-3)15(17)19/h8-9H,5-7,10H2,1-4H3,(H2,17,19). The first kappa shape index (κ1) is 18.7. The monoisotopic (exact) mass is 356 g/mol. The first-order chi connectivity index (χ1) is 11.2. The Kier molecular flexibility index (Phi) is 5.22. The molecule has 1 unspecified atom stereocenters. The lowest BCUT2D eigenvalue weighted by atomic mass is 9.98. The van der Waals surface area contributed by atoms with Crippen LogP contribution < -0.4 is 10.5 Å². The Morgan fingerprint density at radius 2 is 2.00 bits per heavy atom. The van der Waals surface area contributed by atoms with Gasteiger partial charge >= 0.3 is 0 Å². The maximum absolute atomic E-state index is 13.3. The Balaban J connectivity index is 2.64. The Morgan fingerprint density at radius 3 is 2.54 bits per heavy atom. The maximum Gasteiger partial charge on any atom is 0.248 e. The van der Waals surface area contributed by atoms with Crippen LogP contribution in [0.3, 0.4) is 0 Å². The number of hydrogen-bond acceptors (Lipinski definition) is 5. The third-order valence-corrected chi connectivity index (χ3v) is 6.58. The van der Waals surface area contributed by atoms with Crippen LogP contribution in [0.4, 0.5) is 0 Å². The third-order valence-electron chi connectivity index (χ3n) is 4.42. The number of hydrogen-bond donors (Lipinski definition) is 1. The summed E-state index contributed by atoms with van der Waals surface area (Å²) in [6, 6.07) is 3.44. The molecule has 8 heteroatoms. The number of rotatable bonds is 6. The zero-order valence-corrected chi connectivity index (χ0v) is 15.3. The predicted molar refractivity (Wildman–Crippen MR) is 89.4 cm³/mol. The van der Waals surface area contributed by atoms with Crippen molar-refractivity contribution < 1.29 is 22.7 Å². The van der Waals surface area contributed by atoms with Crippen molar-refractivity contribution in [1.82, 2.24) is 4.31 Å². The lowest BCUT2D eigenvalue weighted by Gasteiger charge is -2.34. The fourth-order valence-corrected chi connectivity index (χ4v) is 5.56. The number of sulfonamides is 1. The number of nitrogens with zero attached hydrogens (tertiary/aromatic N) is 1. The first-order valence-corrected chi connectivity index (χ1v) is 9.11. The van der Waals surface area contributed by atoms with E-state index in [0.717, 1.165) is 5.56 Å². The van der Waals surface area contributed by atoms with Gasteiger partial charge < -0.3 is 15.2 Å². The molecule has 2 N–H and O–H groups in total. The third kappa shape index (κ3) is 2.89. The molecule has 1 aliphatic heterocycles. The summed E-state index contributed by atoms with van der Waals surface area (Å²) >= 11 is 0. The van der Waals surface area contributed by atoms with E-state index in [-0.39, 0.29) is 23.8 Å². The zero-order chi connectivity index (χ0) is 18.1. The molecule has 0 bridgehead atoms. The van der Waals surface area contributed by atoms with Gasteiger partial charge in [-0.15, -0.1) is 0 Å². The van der Waals surface area contributed by atoms with E-state index >= 15 is 0 Å². The molecule has 1 aromatic carbocycles. The van der Waals surface area contributed by atoms with Gasteiger partial charge in [0.1, 0.15) is 16.2 Å². The SMILES string of the molecule is COCC1(C(N)=O)CCCN1S(=O)(=O)c1c(C)cc(C)cc1OC. The van der Waals surface area contributed by atoms with Crippen molar-refractivity contribution in [2.75, 3.05) is 27.4 Å². The van der Waals surface area contributed by atoms with Crippen LogP contribution in [-0.2, 0) is 19.6 Å². The number of amides is 1. The number of benzene rings is 1. The van der Waals surface area contributed by atoms with E-state index in [4.69, 9.17) is 15.2 Å². The quantitative estimate of drug-likeness (QED) is 0.819. The van der Waals surface area contributed by atoms with Crippen molar-refractivity contribution in [3.63, 3.8) is 0 Å². The Morgan fingerprint density at radius 1 is 1.33 bits per heavy atom. The number of methoxy groups -OCH3 is 2.